The Balaban J connectivity index is 4.23. The van der Waals surface area contributed by atoms with Crippen LogP contribution in [0.3, 0.4) is 0 Å². The van der Waals surface area contributed by atoms with Crippen LogP contribution in [-0.2, 0) is 4.79 Å². The van der Waals surface area contributed by atoms with Crippen LogP contribution in [0.25, 0.3) is 0 Å². The summed E-state index contributed by atoms with van der Waals surface area (Å²) in [6.07, 6.45) is -2.69. The fraction of sp³-hybridized carbons (Fsp3) is 0. The van der Waals surface area contributed by atoms with Gasteiger partial charge < -0.3 is 0 Å². The minimum Gasteiger partial charge on any atom is -0.273 e. The van der Waals surface area contributed by atoms with E-state index in [1.807, 2.05) is 0 Å². The maximum absolute atomic E-state index is 11.3. The number of carbonyl (C=O) groups is 1. The summed E-state index contributed by atoms with van der Waals surface area (Å²) in [5.74, 6) is -2.19. The minimum atomic E-state index is -2.69. The third-order valence-electron chi connectivity index (χ3n) is 0.338. The Hall–Kier alpha value is -0.510. The van der Waals surface area contributed by atoms with Gasteiger partial charge in [0.1, 0.15) is 0 Å². The van der Waals surface area contributed by atoms with Gasteiger partial charge >= 0.3 is 6.08 Å². The molecule has 0 saturated carbocycles. The molecule has 0 aliphatic carbocycles. The van der Waals surface area contributed by atoms with Gasteiger partial charge in [-0.3, -0.25) is 4.79 Å². The van der Waals surface area contributed by atoms with Gasteiger partial charge in [0.15, 0.2) is 0 Å². The Morgan fingerprint density at radius 1 is 1.25 bits per heavy atom. The van der Waals surface area contributed by atoms with E-state index in [4.69, 9.17) is 0 Å². The Bertz CT molecular complexity index is 137. The lowest BCUT2D eigenvalue weighted by atomic mass is 10.6. The highest BCUT2D eigenvalue weighted by atomic mass is 35.5. The number of hydrogen-bond donors (Lipinski definition) is 0. The van der Waals surface area contributed by atoms with Crippen LogP contribution in [0.15, 0.2) is 11.9 Å². The summed E-state index contributed by atoms with van der Waals surface area (Å²) in [7, 11) is 0. The molecule has 0 aliphatic heterocycles. The maximum Gasteiger partial charge on any atom is 0.310 e. The van der Waals surface area contributed by atoms with E-state index in [0.29, 0.717) is 0 Å². The predicted octanol–water partition coefficient (Wildman–Crippen LogP) is 1.83. The summed E-state index contributed by atoms with van der Waals surface area (Å²) in [4.78, 5) is 9.44. The van der Waals surface area contributed by atoms with Crippen LogP contribution in [0, 0.1) is 0 Å². The quantitative estimate of drug-likeness (QED) is 0.405. The molecule has 0 aromatic carbocycles. The molecule has 0 rings (SSSR count). The third-order valence-corrected chi connectivity index (χ3v) is 0.504. The van der Waals surface area contributed by atoms with Crippen LogP contribution in [0.5, 0.6) is 0 Å². The summed E-state index contributed by atoms with van der Waals surface area (Å²) >= 11 is 4.27. The summed E-state index contributed by atoms with van der Waals surface area (Å²) in [5, 5.41) is -1.77. The Morgan fingerprint density at radius 3 is 1.62 bits per heavy atom. The van der Waals surface area contributed by atoms with Crippen molar-refractivity contribution in [3.63, 3.8) is 0 Å². The molecule has 1 nitrogen and oxygen atoms in total. The van der Waals surface area contributed by atoms with Crippen LogP contribution in [0.2, 0.25) is 0 Å². The standard InChI is InChI=1S/C3ClF3O/c4-2(8)1(5)3(6)7. The molecule has 0 amide bonds. The number of allylic oxidation sites excluding steroid dienone is 1. The predicted molar refractivity (Wildman–Crippen MR) is 21.2 cm³/mol. The zero-order valence-corrected chi connectivity index (χ0v) is 4.18. The van der Waals surface area contributed by atoms with E-state index in [-0.39, 0.29) is 0 Å². The summed E-state index contributed by atoms with van der Waals surface area (Å²) in [6.45, 7) is 0. The maximum atomic E-state index is 11.3. The van der Waals surface area contributed by atoms with E-state index < -0.39 is 17.1 Å². The Labute approximate surface area is 47.7 Å². The minimum absolute atomic E-state index is 1.77. The largest absolute Gasteiger partial charge is 0.310 e. The molecule has 0 spiro atoms. The molecule has 0 aromatic heterocycles. The molecule has 0 bridgehead atoms. The number of hydrogen-bond acceptors (Lipinski definition) is 1. The zero-order chi connectivity index (χ0) is 6.73. The lowest BCUT2D eigenvalue weighted by molar-refractivity contribution is -0.110. The first-order valence-electron chi connectivity index (χ1n) is 1.46. The van der Waals surface area contributed by atoms with Gasteiger partial charge in [-0.25, -0.2) is 0 Å². The molecule has 0 fully saturated rings. The molecule has 5 heteroatoms. The highest BCUT2D eigenvalue weighted by Crippen LogP contribution is 2.11. The van der Waals surface area contributed by atoms with E-state index in [1.54, 1.807) is 0 Å². The van der Waals surface area contributed by atoms with E-state index in [9.17, 15) is 18.0 Å². The average Bonchev–Trinajstić information content (AvgIpc) is 1.64. The first kappa shape index (κ1) is 7.49. The normalized spacial score (nSPS) is 8.50. The van der Waals surface area contributed by atoms with Crippen molar-refractivity contribution in [2.24, 2.45) is 0 Å². The SMILES string of the molecule is O=C(Cl)C(F)=C(F)F. The molecule has 46 valence electrons. The Morgan fingerprint density at radius 2 is 1.62 bits per heavy atom. The second-order valence-electron chi connectivity index (χ2n) is 0.848. The van der Waals surface area contributed by atoms with E-state index in [2.05, 4.69) is 11.6 Å². The molecule has 8 heavy (non-hydrogen) atoms. The second-order valence-corrected chi connectivity index (χ2v) is 1.19. The van der Waals surface area contributed by atoms with Gasteiger partial charge in [0.05, 0.1) is 0 Å². The van der Waals surface area contributed by atoms with E-state index >= 15 is 0 Å². The highest BCUT2D eigenvalue weighted by Gasteiger charge is 2.11. The number of halogens is 4. The van der Waals surface area contributed by atoms with Gasteiger partial charge in [-0.1, -0.05) is 0 Å². The van der Waals surface area contributed by atoms with Crippen molar-refractivity contribution in [1.82, 2.24) is 0 Å². The summed E-state index contributed by atoms with van der Waals surface area (Å²) in [6, 6.07) is 0. The molecule has 0 heterocycles. The van der Waals surface area contributed by atoms with Gasteiger partial charge in [0, 0.05) is 0 Å². The van der Waals surface area contributed by atoms with Crippen molar-refractivity contribution in [3.8, 4) is 0 Å². The summed E-state index contributed by atoms with van der Waals surface area (Å²) in [5.41, 5.74) is 0. The van der Waals surface area contributed by atoms with Gasteiger partial charge in [0.25, 0.3) is 5.24 Å². The van der Waals surface area contributed by atoms with E-state index in [0.717, 1.165) is 0 Å². The highest BCUT2D eigenvalue weighted by molar-refractivity contribution is 6.67. The molecule has 0 aliphatic rings. The lowest BCUT2D eigenvalue weighted by Gasteiger charge is -1.79. The molecule has 0 atom stereocenters. The molecule has 0 unspecified atom stereocenters. The number of rotatable bonds is 1. The van der Waals surface area contributed by atoms with Crippen LogP contribution in [0.4, 0.5) is 13.2 Å². The molecule has 0 radical (unpaired) electrons. The van der Waals surface area contributed by atoms with Gasteiger partial charge in [-0.05, 0) is 11.6 Å². The second kappa shape index (κ2) is 2.71. The van der Waals surface area contributed by atoms with Crippen LogP contribution < -0.4 is 0 Å². The monoisotopic (exact) mass is 144 g/mol. The van der Waals surface area contributed by atoms with Crippen molar-refractivity contribution in [2.45, 2.75) is 0 Å². The third kappa shape index (κ3) is 1.97. The molecule has 0 N–H and O–H groups in total. The topological polar surface area (TPSA) is 17.1 Å². The molecular formula is C3ClF3O. The van der Waals surface area contributed by atoms with Crippen LogP contribution in [0.1, 0.15) is 0 Å². The van der Waals surface area contributed by atoms with Gasteiger partial charge in [0.2, 0.25) is 5.83 Å². The van der Waals surface area contributed by atoms with Gasteiger partial charge in [-0.2, -0.15) is 13.2 Å². The first-order valence-corrected chi connectivity index (χ1v) is 1.84. The van der Waals surface area contributed by atoms with Crippen LogP contribution >= 0.6 is 11.6 Å². The smallest absolute Gasteiger partial charge is 0.273 e. The first-order chi connectivity index (χ1) is 3.55. The van der Waals surface area contributed by atoms with Crippen molar-refractivity contribution < 1.29 is 18.0 Å². The fourth-order valence-electron chi connectivity index (χ4n) is 0.0743. The average molecular weight is 144 g/mol. The Kier molecular flexibility index (Phi) is 2.54. The summed E-state index contributed by atoms with van der Waals surface area (Å²) < 4.78 is 33.1. The van der Waals surface area contributed by atoms with Gasteiger partial charge in [-0.15, -0.1) is 0 Å². The van der Waals surface area contributed by atoms with Crippen molar-refractivity contribution >= 4 is 16.8 Å². The van der Waals surface area contributed by atoms with Crippen LogP contribution in [-0.4, -0.2) is 5.24 Å². The molecular weight excluding hydrogens is 144 g/mol. The zero-order valence-electron chi connectivity index (χ0n) is 3.42. The molecule has 0 aromatic rings. The number of carbonyl (C=O) groups excluding carboxylic acids is 1. The molecule has 0 saturated heterocycles. The lowest BCUT2D eigenvalue weighted by Crippen LogP contribution is -1.85. The van der Waals surface area contributed by atoms with E-state index in [1.165, 1.54) is 0 Å². The van der Waals surface area contributed by atoms with Crippen molar-refractivity contribution in [3.05, 3.63) is 11.9 Å². The van der Waals surface area contributed by atoms with Crippen molar-refractivity contribution in [2.75, 3.05) is 0 Å². The fourth-order valence-corrected chi connectivity index (χ4v) is 0.146. The van der Waals surface area contributed by atoms with Crippen molar-refractivity contribution in [1.29, 1.82) is 0 Å².